The Kier molecular flexibility index (Phi) is 7.66. The first-order valence-electron chi connectivity index (χ1n) is 9.84. The molecular formula is C22H26FN3O5. The summed E-state index contributed by atoms with van der Waals surface area (Å²) in [6, 6.07) is 8.85. The quantitative estimate of drug-likeness (QED) is 0.517. The first kappa shape index (κ1) is 22.4. The van der Waals surface area contributed by atoms with Gasteiger partial charge in [0, 0.05) is 17.9 Å². The zero-order valence-corrected chi connectivity index (χ0v) is 17.7. The van der Waals surface area contributed by atoms with Gasteiger partial charge in [0.2, 0.25) is 11.7 Å². The lowest BCUT2D eigenvalue weighted by molar-refractivity contribution is 0.0974. The van der Waals surface area contributed by atoms with Gasteiger partial charge >= 0.3 is 0 Å². The fourth-order valence-corrected chi connectivity index (χ4v) is 3.15. The van der Waals surface area contributed by atoms with E-state index < -0.39 is 5.91 Å². The van der Waals surface area contributed by atoms with Crippen LogP contribution in [0.5, 0.6) is 17.2 Å². The molecule has 1 heterocycles. The van der Waals surface area contributed by atoms with Crippen molar-refractivity contribution >= 4 is 17.6 Å². The number of guanidine groups is 1. The summed E-state index contributed by atoms with van der Waals surface area (Å²) in [7, 11) is 4.44. The second kappa shape index (κ2) is 10.6. The average Bonchev–Trinajstić information content (AvgIpc) is 3.31. The highest BCUT2D eigenvalue weighted by Gasteiger charge is 2.19. The molecule has 31 heavy (non-hydrogen) atoms. The molecule has 1 saturated heterocycles. The van der Waals surface area contributed by atoms with Crippen molar-refractivity contribution in [1.82, 2.24) is 5.32 Å². The molecule has 0 aliphatic carbocycles. The number of rotatable bonds is 7. The first-order valence-corrected chi connectivity index (χ1v) is 9.84. The van der Waals surface area contributed by atoms with Crippen LogP contribution in [0.2, 0.25) is 0 Å². The number of nitrogens with zero attached hydrogens (tertiary/aromatic N) is 1. The fraction of sp³-hybridized carbons (Fsp3) is 0.364. The van der Waals surface area contributed by atoms with Crippen LogP contribution in [0.15, 0.2) is 41.4 Å². The Hall–Kier alpha value is -3.33. The number of nitrogens with one attached hydrogen (secondary N) is 2. The molecule has 2 aromatic rings. The van der Waals surface area contributed by atoms with Gasteiger partial charge in [0.15, 0.2) is 11.5 Å². The molecule has 0 radical (unpaired) electrons. The van der Waals surface area contributed by atoms with Crippen molar-refractivity contribution in [2.75, 3.05) is 39.8 Å². The number of aliphatic imine (C=N–C) groups is 1. The third-order valence-electron chi connectivity index (χ3n) is 4.74. The first-order chi connectivity index (χ1) is 15.0. The Balaban J connectivity index is 1.82. The number of methoxy groups -OCH3 is 3. The van der Waals surface area contributed by atoms with E-state index in [2.05, 4.69) is 15.6 Å². The summed E-state index contributed by atoms with van der Waals surface area (Å²) in [4.78, 5) is 17.4. The number of ether oxygens (including phenoxy) is 4. The van der Waals surface area contributed by atoms with Gasteiger partial charge in [-0.05, 0) is 49.2 Å². The molecule has 2 aromatic carbocycles. The summed E-state index contributed by atoms with van der Waals surface area (Å²) in [5, 5.41) is 5.78. The van der Waals surface area contributed by atoms with Gasteiger partial charge in [-0.15, -0.1) is 0 Å². The lowest BCUT2D eigenvalue weighted by Gasteiger charge is -2.16. The molecule has 3 rings (SSSR count). The number of hydrogen-bond acceptors (Lipinski definition) is 6. The second-order valence-electron chi connectivity index (χ2n) is 6.82. The lowest BCUT2D eigenvalue weighted by atomic mass is 10.1. The van der Waals surface area contributed by atoms with Crippen molar-refractivity contribution in [1.29, 1.82) is 0 Å². The van der Waals surface area contributed by atoms with Crippen LogP contribution < -0.4 is 24.8 Å². The molecule has 1 atom stereocenters. The molecule has 2 N–H and O–H groups in total. The van der Waals surface area contributed by atoms with Crippen LogP contribution in [0.3, 0.4) is 0 Å². The van der Waals surface area contributed by atoms with Crippen molar-refractivity contribution in [3.63, 3.8) is 0 Å². The minimum atomic E-state index is -0.431. The molecular weight excluding hydrogens is 405 g/mol. The SMILES string of the molecule is COc1cc(C(=O)NC(=NC[C@@H]2CCCO2)Nc2ccc(F)cc2)cc(OC)c1OC. The van der Waals surface area contributed by atoms with Crippen molar-refractivity contribution in [3.05, 3.63) is 47.8 Å². The van der Waals surface area contributed by atoms with Gasteiger partial charge in [-0.1, -0.05) is 0 Å². The minimum absolute atomic E-state index is 0.00287. The van der Waals surface area contributed by atoms with Crippen LogP contribution in [-0.2, 0) is 4.74 Å². The highest BCUT2D eigenvalue weighted by molar-refractivity contribution is 6.10. The Bertz CT molecular complexity index is 902. The Morgan fingerprint density at radius 2 is 1.81 bits per heavy atom. The number of benzene rings is 2. The molecule has 1 aliphatic rings. The number of amides is 1. The molecule has 8 nitrogen and oxygen atoms in total. The van der Waals surface area contributed by atoms with Crippen molar-refractivity contribution in [2.24, 2.45) is 4.99 Å². The number of halogens is 1. The van der Waals surface area contributed by atoms with Gasteiger partial charge in [-0.2, -0.15) is 0 Å². The van der Waals surface area contributed by atoms with E-state index in [1.54, 1.807) is 24.3 Å². The van der Waals surface area contributed by atoms with Gasteiger partial charge in [0.25, 0.3) is 5.91 Å². The van der Waals surface area contributed by atoms with E-state index in [-0.39, 0.29) is 17.9 Å². The highest BCUT2D eigenvalue weighted by atomic mass is 19.1. The molecule has 1 fully saturated rings. The van der Waals surface area contributed by atoms with Gasteiger partial charge in [0.1, 0.15) is 5.82 Å². The standard InChI is InChI=1S/C22H26FN3O5/c1-28-18-11-14(12-19(29-2)20(18)30-3)21(27)26-22(24-13-17-5-4-10-31-17)25-16-8-6-15(23)7-9-16/h6-9,11-12,17H,4-5,10,13H2,1-3H3,(H2,24,25,26,27)/t17-/m0/s1. The van der Waals surface area contributed by atoms with Crippen LogP contribution in [-0.4, -0.2) is 52.5 Å². The minimum Gasteiger partial charge on any atom is -0.493 e. The highest BCUT2D eigenvalue weighted by Crippen LogP contribution is 2.38. The van der Waals surface area contributed by atoms with Crippen molar-refractivity contribution < 1.29 is 28.1 Å². The van der Waals surface area contributed by atoms with Gasteiger partial charge in [-0.3, -0.25) is 10.1 Å². The summed E-state index contributed by atoms with van der Waals surface area (Å²) in [6.07, 6.45) is 1.90. The largest absolute Gasteiger partial charge is 0.493 e. The van der Waals surface area contributed by atoms with Crippen LogP contribution in [0.1, 0.15) is 23.2 Å². The zero-order chi connectivity index (χ0) is 22.2. The average molecular weight is 431 g/mol. The fourth-order valence-electron chi connectivity index (χ4n) is 3.15. The van der Waals surface area contributed by atoms with Crippen LogP contribution >= 0.6 is 0 Å². The summed E-state index contributed by atoms with van der Waals surface area (Å²) >= 11 is 0. The maximum atomic E-state index is 13.2. The second-order valence-corrected chi connectivity index (χ2v) is 6.82. The molecule has 0 saturated carbocycles. The van der Waals surface area contributed by atoms with E-state index >= 15 is 0 Å². The van der Waals surface area contributed by atoms with Gasteiger partial charge in [0.05, 0.1) is 34.0 Å². The van der Waals surface area contributed by atoms with Crippen LogP contribution in [0.25, 0.3) is 0 Å². The Morgan fingerprint density at radius 3 is 2.35 bits per heavy atom. The topological polar surface area (TPSA) is 90.4 Å². The van der Waals surface area contributed by atoms with Crippen molar-refractivity contribution in [3.8, 4) is 17.2 Å². The predicted molar refractivity (Wildman–Crippen MR) is 115 cm³/mol. The van der Waals surface area contributed by atoms with Crippen LogP contribution in [0.4, 0.5) is 10.1 Å². The normalized spacial score (nSPS) is 16.0. The zero-order valence-electron chi connectivity index (χ0n) is 17.7. The summed E-state index contributed by atoms with van der Waals surface area (Å²) in [5.41, 5.74) is 0.873. The third kappa shape index (κ3) is 5.85. The smallest absolute Gasteiger partial charge is 0.258 e. The van der Waals surface area contributed by atoms with Crippen molar-refractivity contribution in [2.45, 2.75) is 18.9 Å². The maximum Gasteiger partial charge on any atom is 0.258 e. The van der Waals surface area contributed by atoms with E-state index in [0.29, 0.717) is 41.7 Å². The maximum absolute atomic E-state index is 13.2. The number of hydrogen-bond donors (Lipinski definition) is 2. The van der Waals surface area contributed by atoms with E-state index in [1.165, 1.54) is 33.5 Å². The summed E-state index contributed by atoms with van der Waals surface area (Å²) < 4.78 is 34.8. The Labute approximate surface area is 180 Å². The number of carbonyl (C=O) groups excluding carboxylic acids is 1. The molecule has 166 valence electrons. The van der Waals surface area contributed by atoms with Crippen LogP contribution in [0, 0.1) is 5.82 Å². The molecule has 0 bridgehead atoms. The number of anilines is 1. The lowest BCUT2D eigenvalue weighted by Crippen LogP contribution is -2.36. The van der Waals surface area contributed by atoms with Gasteiger partial charge < -0.3 is 24.3 Å². The van der Waals surface area contributed by atoms with E-state index in [4.69, 9.17) is 18.9 Å². The predicted octanol–water partition coefficient (Wildman–Crippen LogP) is 3.23. The molecule has 0 aromatic heterocycles. The van der Waals surface area contributed by atoms with E-state index in [9.17, 15) is 9.18 Å². The molecule has 1 amide bonds. The molecule has 0 unspecified atom stereocenters. The summed E-state index contributed by atoms with van der Waals surface area (Å²) in [5.74, 6) is 0.539. The summed E-state index contributed by atoms with van der Waals surface area (Å²) in [6.45, 7) is 1.10. The van der Waals surface area contributed by atoms with Gasteiger partial charge in [-0.25, -0.2) is 9.38 Å². The number of carbonyl (C=O) groups is 1. The Morgan fingerprint density at radius 1 is 1.13 bits per heavy atom. The third-order valence-corrected chi connectivity index (χ3v) is 4.74. The molecule has 0 spiro atoms. The molecule has 9 heteroatoms. The molecule has 1 aliphatic heterocycles. The monoisotopic (exact) mass is 431 g/mol. The van der Waals surface area contributed by atoms with E-state index in [1.807, 2.05) is 0 Å². The van der Waals surface area contributed by atoms with E-state index in [0.717, 1.165) is 12.8 Å².